The van der Waals surface area contributed by atoms with Crippen LogP contribution >= 0.6 is 11.8 Å². The predicted molar refractivity (Wildman–Crippen MR) is 88.5 cm³/mol. The zero-order chi connectivity index (χ0) is 15.4. The SMILES string of the molecule is COc1ccccc1-c1nnc(SCC[NH+]2CCCC2)n1C. The van der Waals surface area contributed by atoms with Gasteiger partial charge in [0.05, 0.1) is 38.1 Å². The van der Waals surface area contributed by atoms with Gasteiger partial charge in [-0.3, -0.25) is 0 Å². The molecule has 0 spiro atoms. The summed E-state index contributed by atoms with van der Waals surface area (Å²) in [4.78, 5) is 1.72. The van der Waals surface area contributed by atoms with Crippen LogP contribution in [0.15, 0.2) is 29.4 Å². The van der Waals surface area contributed by atoms with Crippen molar-refractivity contribution < 1.29 is 9.64 Å². The van der Waals surface area contributed by atoms with Gasteiger partial charge in [0.15, 0.2) is 11.0 Å². The Bertz CT molecular complexity index is 622. The van der Waals surface area contributed by atoms with Crippen LogP contribution in [0.2, 0.25) is 0 Å². The number of para-hydroxylation sites is 1. The van der Waals surface area contributed by atoms with Gasteiger partial charge in [-0.25, -0.2) is 0 Å². The van der Waals surface area contributed by atoms with Crippen LogP contribution in [0.25, 0.3) is 11.4 Å². The molecular formula is C16H23N4OS+. The van der Waals surface area contributed by atoms with Crippen LogP contribution in [0.4, 0.5) is 0 Å². The maximum Gasteiger partial charge on any atom is 0.191 e. The highest BCUT2D eigenvalue weighted by atomic mass is 32.2. The summed E-state index contributed by atoms with van der Waals surface area (Å²) in [5.74, 6) is 2.78. The van der Waals surface area contributed by atoms with E-state index in [1.165, 1.54) is 32.5 Å². The molecule has 3 rings (SSSR count). The smallest absolute Gasteiger partial charge is 0.191 e. The van der Waals surface area contributed by atoms with E-state index in [2.05, 4.69) is 14.8 Å². The number of quaternary nitrogens is 1. The van der Waals surface area contributed by atoms with Crippen molar-refractivity contribution >= 4 is 11.8 Å². The molecule has 2 aromatic rings. The fourth-order valence-electron chi connectivity index (χ4n) is 2.92. The quantitative estimate of drug-likeness (QED) is 0.814. The van der Waals surface area contributed by atoms with Crippen LogP contribution in [-0.2, 0) is 7.05 Å². The number of nitrogens with one attached hydrogen (secondary N) is 1. The van der Waals surface area contributed by atoms with Crippen molar-refractivity contribution in [3.05, 3.63) is 24.3 Å². The van der Waals surface area contributed by atoms with E-state index in [-0.39, 0.29) is 0 Å². The summed E-state index contributed by atoms with van der Waals surface area (Å²) >= 11 is 1.79. The Morgan fingerprint density at radius 3 is 2.77 bits per heavy atom. The molecule has 1 aromatic carbocycles. The van der Waals surface area contributed by atoms with Crippen molar-refractivity contribution in [1.82, 2.24) is 14.8 Å². The highest BCUT2D eigenvalue weighted by Crippen LogP contribution is 2.29. The van der Waals surface area contributed by atoms with E-state index in [0.29, 0.717) is 0 Å². The molecule has 6 heteroatoms. The molecule has 5 nitrogen and oxygen atoms in total. The molecule has 0 aliphatic carbocycles. The van der Waals surface area contributed by atoms with Crippen molar-refractivity contribution in [1.29, 1.82) is 0 Å². The van der Waals surface area contributed by atoms with Gasteiger partial charge in [-0.05, 0) is 12.1 Å². The average Bonchev–Trinajstić information content (AvgIpc) is 3.18. The number of aromatic nitrogens is 3. The first-order valence-corrected chi connectivity index (χ1v) is 8.77. The van der Waals surface area contributed by atoms with Crippen molar-refractivity contribution in [2.24, 2.45) is 7.05 Å². The van der Waals surface area contributed by atoms with Crippen LogP contribution in [0.5, 0.6) is 5.75 Å². The maximum atomic E-state index is 5.42. The Hall–Kier alpha value is -1.53. The summed E-state index contributed by atoms with van der Waals surface area (Å²) in [6, 6.07) is 7.93. The minimum absolute atomic E-state index is 0.830. The summed E-state index contributed by atoms with van der Waals surface area (Å²) < 4.78 is 7.48. The first-order valence-electron chi connectivity index (χ1n) is 7.78. The topological polar surface area (TPSA) is 44.4 Å². The van der Waals surface area contributed by atoms with Crippen LogP contribution < -0.4 is 9.64 Å². The second kappa shape index (κ2) is 7.15. The number of likely N-dealkylation sites (tertiary alicyclic amines) is 1. The van der Waals surface area contributed by atoms with Gasteiger partial charge in [0.1, 0.15) is 5.75 Å². The molecule has 1 saturated heterocycles. The lowest BCUT2D eigenvalue weighted by Gasteiger charge is -2.11. The Morgan fingerprint density at radius 2 is 2.00 bits per heavy atom. The number of rotatable bonds is 6. The zero-order valence-electron chi connectivity index (χ0n) is 13.2. The minimum Gasteiger partial charge on any atom is -0.496 e. The van der Waals surface area contributed by atoms with E-state index in [4.69, 9.17) is 4.74 Å². The second-order valence-electron chi connectivity index (χ2n) is 5.62. The summed E-state index contributed by atoms with van der Waals surface area (Å²) in [5.41, 5.74) is 0.983. The first kappa shape index (κ1) is 15.4. The predicted octanol–water partition coefficient (Wildman–Crippen LogP) is 1.26. The third-order valence-electron chi connectivity index (χ3n) is 4.18. The van der Waals surface area contributed by atoms with Crippen LogP contribution in [-0.4, -0.2) is 47.3 Å². The van der Waals surface area contributed by atoms with E-state index in [0.717, 1.165) is 28.0 Å². The molecule has 118 valence electrons. The standard InChI is InChI=1S/C16H22N4OS/c1-19-15(13-7-3-4-8-14(13)21-2)17-18-16(19)22-12-11-20-9-5-6-10-20/h3-4,7-8H,5-6,9-12H2,1-2H3/p+1. The molecule has 1 aliphatic rings. The molecule has 0 saturated carbocycles. The van der Waals surface area contributed by atoms with E-state index in [9.17, 15) is 0 Å². The third-order valence-corrected chi connectivity index (χ3v) is 5.20. The van der Waals surface area contributed by atoms with Gasteiger partial charge in [0.2, 0.25) is 0 Å². The van der Waals surface area contributed by atoms with Crippen molar-refractivity contribution in [3.63, 3.8) is 0 Å². The normalized spacial score (nSPS) is 15.4. The van der Waals surface area contributed by atoms with Gasteiger partial charge in [-0.1, -0.05) is 23.9 Å². The lowest BCUT2D eigenvalue weighted by Crippen LogP contribution is -3.10. The number of nitrogens with zero attached hydrogens (tertiary/aromatic N) is 3. The lowest BCUT2D eigenvalue weighted by molar-refractivity contribution is -0.884. The molecule has 1 N–H and O–H groups in total. The Labute approximate surface area is 135 Å². The number of hydrogen-bond acceptors (Lipinski definition) is 4. The molecule has 0 amide bonds. The number of thioether (sulfide) groups is 1. The number of ether oxygens (including phenoxy) is 1. The average molecular weight is 319 g/mol. The highest BCUT2D eigenvalue weighted by Gasteiger charge is 2.17. The molecule has 1 fully saturated rings. The van der Waals surface area contributed by atoms with Crippen molar-refractivity contribution in [2.45, 2.75) is 18.0 Å². The van der Waals surface area contributed by atoms with Gasteiger partial charge in [0.25, 0.3) is 0 Å². The highest BCUT2D eigenvalue weighted by molar-refractivity contribution is 7.99. The van der Waals surface area contributed by atoms with Crippen molar-refractivity contribution in [3.8, 4) is 17.1 Å². The van der Waals surface area contributed by atoms with Gasteiger partial charge in [-0.15, -0.1) is 10.2 Å². The molecule has 0 unspecified atom stereocenters. The Balaban J connectivity index is 1.68. The van der Waals surface area contributed by atoms with E-state index < -0.39 is 0 Å². The van der Waals surface area contributed by atoms with Gasteiger partial charge in [-0.2, -0.15) is 0 Å². The molecular weight excluding hydrogens is 296 g/mol. The minimum atomic E-state index is 0.830. The van der Waals surface area contributed by atoms with Crippen LogP contribution in [0.3, 0.4) is 0 Å². The molecule has 0 radical (unpaired) electrons. The van der Waals surface area contributed by atoms with E-state index in [1.54, 1.807) is 23.8 Å². The van der Waals surface area contributed by atoms with Gasteiger partial charge >= 0.3 is 0 Å². The summed E-state index contributed by atoms with van der Waals surface area (Å²) in [6.07, 6.45) is 2.75. The Morgan fingerprint density at radius 1 is 1.23 bits per heavy atom. The summed E-state index contributed by atoms with van der Waals surface area (Å²) in [6.45, 7) is 3.86. The number of hydrogen-bond donors (Lipinski definition) is 1. The van der Waals surface area contributed by atoms with Crippen LogP contribution in [0.1, 0.15) is 12.8 Å². The first-order chi connectivity index (χ1) is 10.8. The molecule has 22 heavy (non-hydrogen) atoms. The number of benzene rings is 1. The molecule has 1 aromatic heterocycles. The molecule has 0 atom stereocenters. The lowest BCUT2D eigenvalue weighted by atomic mass is 10.2. The maximum absolute atomic E-state index is 5.42. The summed E-state index contributed by atoms with van der Waals surface area (Å²) in [5, 5.41) is 9.66. The monoisotopic (exact) mass is 319 g/mol. The van der Waals surface area contributed by atoms with E-state index in [1.807, 2.05) is 31.3 Å². The van der Waals surface area contributed by atoms with Crippen LogP contribution in [0, 0.1) is 0 Å². The molecule has 2 heterocycles. The van der Waals surface area contributed by atoms with E-state index >= 15 is 0 Å². The number of methoxy groups -OCH3 is 1. The Kier molecular flexibility index (Phi) is 5.00. The molecule has 1 aliphatic heterocycles. The third kappa shape index (κ3) is 3.28. The molecule has 0 bridgehead atoms. The van der Waals surface area contributed by atoms with Crippen molar-refractivity contribution in [2.75, 3.05) is 32.5 Å². The zero-order valence-corrected chi connectivity index (χ0v) is 14.0. The fourth-order valence-corrected chi connectivity index (χ4v) is 3.87. The second-order valence-corrected chi connectivity index (χ2v) is 6.68. The van der Waals surface area contributed by atoms with Gasteiger partial charge < -0.3 is 14.2 Å². The van der Waals surface area contributed by atoms with Gasteiger partial charge in [0, 0.05) is 19.9 Å². The fraction of sp³-hybridized carbons (Fsp3) is 0.500. The summed E-state index contributed by atoms with van der Waals surface area (Å²) in [7, 11) is 3.70. The largest absolute Gasteiger partial charge is 0.496 e.